The van der Waals surface area contributed by atoms with Gasteiger partial charge >= 0.3 is 0 Å². The Morgan fingerprint density at radius 2 is 1.90 bits per heavy atom. The number of methoxy groups -OCH3 is 2. The van der Waals surface area contributed by atoms with Gasteiger partial charge in [0.05, 0.1) is 20.6 Å². The predicted octanol–water partition coefficient (Wildman–Crippen LogP) is 2.49. The van der Waals surface area contributed by atoms with Crippen LogP contribution in [0.3, 0.4) is 0 Å². The summed E-state index contributed by atoms with van der Waals surface area (Å²) in [5.74, 6) is 2.21. The molecule has 0 unspecified atom stereocenters. The molecule has 112 valence electrons. The average Bonchev–Trinajstić information content (AvgIpc) is 2.85. The third-order valence-electron chi connectivity index (χ3n) is 3.04. The van der Waals surface area contributed by atoms with Gasteiger partial charge < -0.3 is 19.3 Å². The van der Waals surface area contributed by atoms with E-state index in [0.717, 1.165) is 16.9 Å². The number of aromatic nitrogens is 1. The summed E-state index contributed by atoms with van der Waals surface area (Å²) in [6, 6.07) is 5.31. The summed E-state index contributed by atoms with van der Waals surface area (Å²) in [7, 11) is 3.17. The maximum Gasteiger partial charge on any atom is 0.230 e. The van der Waals surface area contributed by atoms with Gasteiger partial charge in [-0.1, -0.05) is 5.16 Å². The molecular weight excluding hydrogens is 272 g/mol. The Labute approximate surface area is 123 Å². The smallest absolute Gasteiger partial charge is 0.230 e. The Balaban J connectivity index is 2.16. The quantitative estimate of drug-likeness (QED) is 0.915. The van der Waals surface area contributed by atoms with Crippen molar-refractivity contribution in [2.24, 2.45) is 0 Å². The maximum atomic E-state index is 12.1. The summed E-state index contributed by atoms with van der Waals surface area (Å²) in [6.07, 6.45) is 0.158. The second-order valence-electron chi connectivity index (χ2n) is 4.68. The summed E-state index contributed by atoms with van der Waals surface area (Å²) in [6.45, 7) is 3.68. The van der Waals surface area contributed by atoms with Gasteiger partial charge in [-0.25, -0.2) is 0 Å². The number of nitrogens with zero attached hydrogens (tertiary/aromatic N) is 1. The van der Waals surface area contributed by atoms with Gasteiger partial charge in [0.15, 0.2) is 5.82 Å². The number of ether oxygens (including phenoxy) is 2. The zero-order valence-corrected chi connectivity index (χ0v) is 12.5. The monoisotopic (exact) mass is 290 g/mol. The summed E-state index contributed by atoms with van der Waals surface area (Å²) >= 11 is 0. The highest BCUT2D eigenvalue weighted by Gasteiger charge is 2.13. The van der Waals surface area contributed by atoms with Gasteiger partial charge in [-0.3, -0.25) is 4.79 Å². The topological polar surface area (TPSA) is 73.6 Å². The normalized spacial score (nSPS) is 10.3. The molecular formula is C15H18N2O4. The van der Waals surface area contributed by atoms with E-state index in [1.165, 1.54) is 0 Å². The molecule has 21 heavy (non-hydrogen) atoms. The number of carbonyl (C=O) groups is 1. The molecule has 6 heteroatoms. The molecule has 0 atom stereocenters. The summed E-state index contributed by atoms with van der Waals surface area (Å²) in [5.41, 5.74) is 1.70. The minimum atomic E-state index is -0.201. The van der Waals surface area contributed by atoms with Crippen molar-refractivity contribution in [3.8, 4) is 11.5 Å². The average molecular weight is 290 g/mol. The van der Waals surface area contributed by atoms with Gasteiger partial charge in [0.25, 0.3) is 0 Å². The second-order valence-corrected chi connectivity index (χ2v) is 4.68. The fourth-order valence-corrected chi connectivity index (χ4v) is 2.04. The van der Waals surface area contributed by atoms with Gasteiger partial charge in [0.1, 0.15) is 17.3 Å². The molecule has 1 aromatic carbocycles. The molecule has 6 nitrogen and oxygen atoms in total. The Morgan fingerprint density at radius 1 is 1.19 bits per heavy atom. The van der Waals surface area contributed by atoms with Gasteiger partial charge in [0.2, 0.25) is 5.91 Å². The van der Waals surface area contributed by atoms with Crippen molar-refractivity contribution in [2.75, 3.05) is 19.5 Å². The van der Waals surface area contributed by atoms with Crippen molar-refractivity contribution in [1.29, 1.82) is 0 Å². The van der Waals surface area contributed by atoms with Crippen LogP contribution in [0.4, 0.5) is 5.82 Å². The Morgan fingerprint density at radius 3 is 2.48 bits per heavy atom. The number of nitrogens with one attached hydrogen (secondary N) is 1. The summed E-state index contributed by atoms with van der Waals surface area (Å²) < 4.78 is 15.5. The first kappa shape index (κ1) is 14.9. The zero-order valence-electron chi connectivity index (χ0n) is 12.5. The van der Waals surface area contributed by atoms with Crippen LogP contribution in [0.15, 0.2) is 22.7 Å². The Bertz CT molecular complexity index is 649. The van der Waals surface area contributed by atoms with Crippen LogP contribution < -0.4 is 14.8 Å². The van der Waals surface area contributed by atoms with E-state index in [2.05, 4.69) is 10.5 Å². The van der Waals surface area contributed by atoms with Crippen molar-refractivity contribution < 1.29 is 18.8 Å². The molecule has 2 aromatic rings. The van der Waals surface area contributed by atoms with Crippen LogP contribution >= 0.6 is 0 Å². The number of amides is 1. The second kappa shape index (κ2) is 6.30. The summed E-state index contributed by atoms with van der Waals surface area (Å²) in [4.78, 5) is 12.1. The largest absolute Gasteiger partial charge is 0.496 e. The van der Waals surface area contributed by atoms with Crippen molar-refractivity contribution >= 4 is 11.7 Å². The minimum absolute atomic E-state index is 0.158. The molecule has 0 aliphatic carbocycles. The van der Waals surface area contributed by atoms with Crippen LogP contribution in [0.5, 0.6) is 11.5 Å². The minimum Gasteiger partial charge on any atom is -0.496 e. The highest BCUT2D eigenvalue weighted by atomic mass is 16.5. The van der Waals surface area contributed by atoms with E-state index < -0.39 is 0 Å². The van der Waals surface area contributed by atoms with Crippen LogP contribution in [0.1, 0.15) is 16.9 Å². The number of aryl methyl sites for hydroxylation is 2. The van der Waals surface area contributed by atoms with Gasteiger partial charge in [-0.05, 0) is 31.5 Å². The van der Waals surface area contributed by atoms with Crippen LogP contribution in [0.2, 0.25) is 0 Å². The maximum absolute atomic E-state index is 12.1. The van der Waals surface area contributed by atoms with Crippen molar-refractivity contribution in [1.82, 2.24) is 5.16 Å². The molecule has 1 N–H and O–H groups in total. The van der Waals surface area contributed by atoms with E-state index in [0.29, 0.717) is 17.3 Å². The first-order valence-corrected chi connectivity index (χ1v) is 6.48. The number of benzene rings is 1. The fraction of sp³-hybridized carbons (Fsp3) is 0.333. The molecule has 1 heterocycles. The lowest BCUT2D eigenvalue weighted by atomic mass is 10.1. The lowest BCUT2D eigenvalue weighted by Gasteiger charge is -2.12. The third kappa shape index (κ3) is 3.53. The molecule has 0 aliphatic heterocycles. The molecule has 2 rings (SSSR count). The van der Waals surface area contributed by atoms with E-state index in [-0.39, 0.29) is 12.3 Å². The molecule has 0 bridgehead atoms. The number of hydrogen-bond donors (Lipinski definition) is 1. The van der Waals surface area contributed by atoms with E-state index >= 15 is 0 Å². The predicted molar refractivity (Wildman–Crippen MR) is 77.9 cm³/mol. The SMILES string of the molecule is COc1cc(CC(=O)Nc2cc(C)on2)c(OC)cc1C. The van der Waals surface area contributed by atoms with Crippen LogP contribution in [0, 0.1) is 13.8 Å². The van der Waals surface area contributed by atoms with E-state index in [4.69, 9.17) is 14.0 Å². The number of carbonyl (C=O) groups excluding carboxylic acids is 1. The number of anilines is 1. The van der Waals surface area contributed by atoms with Crippen molar-refractivity contribution in [3.05, 3.63) is 35.1 Å². The van der Waals surface area contributed by atoms with E-state index in [1.807, 2.05) is 19.1 Å². The molecule has 0 saturated carbocycles. The molecule has 1 amide bonds. The molecule has 0 fully saturated rings. The molecule has 0 radical (unpaired) electrons. The third-order valence-corrected chi connectivity index (χ3v) is 3.04. The van der Waals surface area contributed by atoms with E-state index in [9.17, 15) is 4.79 Å². The van der Waals surface area contributed by atoms with Gasteiger partial charge in [-0.15, -0.1) is 0 Å². The first-order valence-electron chi connectivity index (χ1n) is 6.48. The molecule has 0 saturated heterocycles. The van der Waals surface area contributed by atoms with Crippen LogP contribution in [-0.2, 0) is 11.2 Å². The zero-order chi connectivity index (χ0) is 15.4. The fourth-order valence-electron chi connectivity index (χ4n) is 2.04. The lowest BCUT2D eigenvalue weighted by molar-refractivity contribution is -0.115. The van der Waals surface area contributed by atoms with Gasteiger partial charge in [0, 0.05) is 11.6 Å². The first-order chi connectivity index (χ1) is 10.0. The molecule has 0 spiro atoms. The molecule has 0 aliphatic rings. The highest BCUT2D eigenvalue weighted by Crippen LogP contribution is 2.28. The Kier molecular flexibility index (Phi) is 4.47. The van der Waals surface area contributed by atoms with E-state index in [1.54, 1.807) is 27.2 Å². The lowest BCUT2D eigenvalue weighted by Crippen LogP contribution is -2.15. The van der Waals surface area contributed by atoms with Crippen molar-refractivity contribution in [3.63, 3.8) is 0 Å². The Hall–Kier alpha value is -2.50. The number of rotatable bonds is 5. The number of hydrogen-bond acceptors (Lipinski definition) is 5. The molecule has 1 aromatic heterocycles. The van der Waals surface area contributed by atoms with Crippen molar-refractivity contribution in [2.45, 2.75) is 20.3 Å². The summed E-state index contributed by atoms with van der Waals surface area (Å²) in [5, 5.41) is 6.40. The van der Waals surface area contributed by atoms with Crippen LogP contribution in [0.25, 0.3) is 0 Å². The standard InChI is InChI=1S/C15H18N2O4/c1-9-5-13(20-4)11(7-12(9)19-3)8-15(18)16-14-6-10(2)21-17-14/h5-7H,8H2,1-4H3,(H,16,17,18). The highest BCUT2D eigenvalue weighted by molar-refractivity contribution is 5.91. The van der Waals surface area contributed by atoms with Gasteiger partial charge in [-0.2, -0.15) is 0 Å². The van der Waals surface area contributed by atoms with Crippen LogP contribution in [-0.4, -0.2) is 25.3 Å².